The Balaban J connectivity index is 1.65. The molecule has 0 saturated carbocycles. The smallest absolute Gasteiger partial charge is 0.217 e. The first-order valence-corrected chi connectivity index (χ1v) is 8.98. The van der Waals surface area contributed by atoms with Crippen LogP contribution >= 0.6 is 0 Å². The molecule has 0 fully saturated rings. The summed E-state index contributed by atoms with van der Waals surface area (Å²) in [5.41, 5.74) is 4.86. The lowest BCUT2D eigenvalue weighted by atomic mass is 9.87. The van der Waals surface area contributed by atoms with Crippen molar-refractivity contribution in [3.8, 4) is 5.88 Å². The molecule has 0 bridgehead atoms. The average molecular weight is 338 g/mol. The highest BCUT2D eigenvalue weighted by Crippen LogP contribution is 2.30. The normalized spacial score (nSPS) is 17.2. The fourth-order valence-electron chi connectivity index (χ4n) is 3.27. The van der Waals surface area contributed by atoms with Gasteiger partial charge in [-0.15, -0.1) is 0 Å². The summed E-state index contributed by atoms with van der Waals surface area (Å²) < 4.78 is 5.89. The van der Waals surface area contributed by atoms with Crippen LogP contribution in [0.1, 0.15) is 48.2 Å². The van der Waals surface area contributed by atoms with Gasteiger partial charge in [0.15, 0.2) is 5.82 Å². The molecular formula is C21H26N2O2. The predicted octanol–water partition coefficient (Wildman–Crippen LogP) is 4.24. The van der Waals surface area contributed by atoms with Crippen LogP contribution in [0.15, 0.2) is 36.5 Å². The van der Waals surface area contributed by atoms with Gasteiger partial charge in [0.2, 0.25) is 5.88 Å². The highest BCUT2D eigenvalue weighted by atomic mass is 16.5. The summed E-state index contributed by atoms with van der Waals surface area (Å²) in [6, 6.07) is 8.19. The van der Waals surface area contributed by atoms with Gasteiger partial charge in [-0.05, 0) is 62.1 Å². The van der Waals surface area contributed by atoms with Crippen LogP contribution in [0.25, 0.3) is 5.57 Å². The predicted molar refractivity (Wildman–Crippen MR) is 99.3 cm³/mol. The van der Waals surface area contributed by atoms with E-state index in [4.69, 9.17) is 9.84 Å². The highest BCUT2D eigenvalue weighted by Gasteiger charge is 2.17. The molecule has 1 atom stereocenters. The van der Waals surface area contributed by atoms with E-state index in [1.54, 1.807) is 6.20 Å². The Morgan fingerprint density at radius 1 is 1.24 bits per heavy atom. The summed E-state index contributed by atoms with van der Waals surface area (Å²) >= 11 is 0. The van der Waals surface area contributed by atoms with Crippen LogP contribution in [0.5, 0.6) is 5.88 Å². The summed E-state index contributed by atoms with van der Waals surface area (Å²) in [6.07, 6.45) is 7.90. The van der Waals surface area contributed by atoms with Gasteiger partial charge in [-0.1, -0.05) is 29.8 Å². The van der Waals surface area contributed by atoms with Crippen molar-refractivity contribution in [3.63, 3.8) is 0 Å². The van der Waals surface area contributed by atoms with Crippen LogP contribution in [0.3, 0.4) is 0 Å². The number of aliphatic hydroxyl groups is 1. The standard InChI is InChI=1S/C21H26N2O2/c1-15-3-6-19(16(2)13-15)14-25-20-9-11-22-21(23-20)18-7-4-17(5-8-18)10-12-24/h3,6-7,9,11,13,17,24H,4-5,8,10,12,14H2,1-2H3. The molecule has 1 aromatic carbocycles. The fraction of sp³-hybridized carbons (Fsp3) is 0.429. The number of ether oxygens (including phenoxy) is 1. The van der Waals surface area contributed by atoms with Crippen molar-refractivity contribution in [2.45, 2.75) is 46.1 Å². The first kappa shape index (κ1) is 17.6. The Morgan fingerprint density at radius 2 is 2.12 bits per heavy atom. The maximum Gasteiger partial charge on any atom is 0.217 e. The number of nitrogens with zero attached hydrogens (tertiary/aromatic N) is 2. The number of rotatable bonds is 6. The van der Waals surface area contributed by atoms with Crippen LogP contribution < -0.4 is 4.74 Å². The van der Waals surface area contributed by atoms with Gasteiger partial charge in [0.05, 0.1) is 0 Å². The lowest BCUT2D eigenvalue weighted by molar-refractivity contribution is 0.251. The van der Waals surface area contributed by atoms with Gasteiger partial charge in [-0.3, -0.25) is 0 Å². The lowest BCUT2D eigenvalue weighted by Gasteiger charge is -2.20. The SMILES string of the molecule is Cc1ccc(COc2ccnc(C3=CCC(CCO)CC3)n2)c(C)c1. The molecule has 0 saturated heterocycles. The zero-order valence-corrected chi connectivity index (χ0v) is 15.0. The summed E-state index contributed by atoms with van der Waals surface area (Å²) in [4.78, 5) is 8.99. The van der Waals surface area contributed by atoms with Crippen molar-refractivity contribution in [1.82, 2.24) is 9.97 Å². The van der Waals surface area contributed by atoms with Gasteiger partial charge in [0.1, 0.15) is 6.61 Å². The van der Waals surface area contributed by atoms with Crippen LogP contribution in [-0.2, 0) is 6.61 Å². The molecule has 0 aliphatic heterocycles. The van der Waals surface area contributed by atoms with E-state index in [-0.39, 0.29) is 6.61 Å². The van der Waals surface area contributed by atoms with E-state index >= 15 is 0 Å². The average Bonchev–Trinajstić information content (AvgIpc) is 2.62. The van der Waals surface area contributed by atoms with Crippen molar-refractivity contribution in [1.29, 1.82) is 0 Å². The minimum atomic E-state index is 0.270. The zero-order valence-electron chi connectivity index (χ0n) is 15.0. The molecule has 0 spiro atoms. The molecule has 1 aliphatic carbocycles. The van der Waals surface area contributed by atoms with Crippen molar-refractivity contribution >= 4 is 5.57 Å². The first-order valence-electron chi connectivity index (χ1n) is 8.98. The molecule has 1 aromatic heterocycles. The van der Waals surface area contributed by atoms with Gasteiger partial charge in [-0.2, -0.15) is 4.98 Å². The monoisotopic (exact) mass is 338 g/mol. The molecule has 1 heterocycles. The van der Waals surface area contributed by atoms with Crippen molar-refractivity contribution in [3.05, 3.63) is 59.1 Å². The fourth-order valence-corrected chi connectivity index (χ4v) is 3.27. The lowest BCUT2D eigenvalue weighted by Crippen LogP contribution is -2.09. The maximum absolute atomic E-state index is 9.06. The minimum absolute atomic E-state index is 0.270. The Kier molecular flexibility index (Phi) is 5.82. The second kappa shape index (κ2) is 8.26. The largest absolute Gasteiger partial charge is 0.473 e. The van der Waals surface area contributed by atoms with Crippen molar-refractivity contribution in [2.24, 2.45) is 5.92 Å². The number of benzene rings is 1. The summed E-state index contributed by atoms with van der Waals surface area (Å²) in [6.45, 7) is 4.98. The van der Waals surface area contributed by atoms with E-state index in [0.717, 1.165) is 31.5 Å². The molecule has 1 unspecified atom stereocenters. The summed E-state index contributed by atoms with van der Waals surface area (Å²) in [5, 5.41) is 9.06. The van der Waals surface area contributed by atoms with Gasteiger partial charge < -0.3 is 9.84 Å². The Morgan fingerprint density at radius 3 is 2.84 bits per heavy atom. The van der Waals surface area contributed by atoms with Crippen molar-refractivity contribution in [2.75, 3.05) is 6.61 Å². The third kappa shape index (κ3) is 4.67. The van der Waals surface area contributed by atoms with Crippen LogP contribution in [0.4, 0.5) is 0 Å². The molecular weight excluding hydrogens is 312 g/mol. The first-order chi connectivity index (χ1) is 12.2. The number of allylic oxidation sites excluding steroid dienone is 2. The Bertz CT molecular complexity index is 755. The molecule has 132 valence electrons. The maximum atomic E-state index is 9.06. The van der Waals surface area contributed by atoms with Gasteiger partial charge in [0.25, 0.3) is 0 Å². The summed E-state index contributed by atoms with van der Waals surface area (Å²) in [5.74, 6) is 1.96. The van der Waals surface area contributed by atoms with Gasteiger partial charge in [0, 0.05) is 18.9 Å². The molecule has 0 amide bonds. The van der Waals surface area contributed by atoms with Gasteiger partial charge in [-0.25, -0.2) is 4.98 Å². The molecule has 0 radical (unpaired) electrons. The third-order valence-corrected chi connectivity index (χ3v) is 4.85. The molecule has 3 rings (SSSR count). The summed E-state index contributed by atoms with van der Waals surface area (Å²) in [7, 11) is 0. The highest BCUT2D eigenvalue weighted by molar-refractivity contribution is 5.60. The number of aromatic nitrogens is 2. The van der Waals surface area contributed by atoms with E-state index < -0.39 is 0 Å². The zero-order chi connectivity index (χ0) is 17.6. The molecule has 2 aromatic rings. The molecule has 25 heavy (non-hydrogen) atoms. The Labute approximate surface area is 149 Å². The van der Waals surface area contributed by atoms with E-state index in [0.29, 0.717) is 18.4 Å². The van der Waals surface area contributed by atoms with E-state index in [9.17, 15) is 0 Å². The van der Waals surface area contributed by atoms with Gasteiger partial charge >= 0.3 is 0 Å². The van der Waals surface area contributed by atoms with E-state index in [1.165, 1.54) is 22.3 Å². The molecule has 1 N–H and O–H groups in total. The van der Waals surface area contributed by atoms with Crippen molar-refractivity contribution < 1.29 is 9.84 Å². The van der Waals surface area contributed by atoms with E-state index in [2.05, 4.69) is 48.1 Å². The topological polar surface area (TPSA) is 55.2 Å². The molecule has 1 aliphatic rings. The van der Waals surface area contributed by atoms with Crippen LogP contribution in [0, 0.1) is 19.8 Å². The van der Waals surface area contributed by atoms with E-state index in [1.807, 2.05) is 6.07 Å². The molecule has 4 heteroatoms. The minimum Gasteiger partial charge on any atom is -0.473 e. The third-order valence-electron chi connectivity index (χ3n) is 4.85. The van der Waals surface area contributed by atoms with Crippen LogP contribution in [0.2, 0.25) is 0 Å². The number of aryl methyl sites for hydroxylation is 2. The second-order valence-electron chi connectivity index (χ2n) is 6.82. The van der Waals surface area contributed by atoms with Crippen LogP contribution in [-0.4, -0.2) is 21.7 Å². The second-order valence-corrected chi connectivity index (χ2v) is 6.82. The quantitative estimate of drug-likeness (QED) is 0.856. The number of aliphatic hydroxyl groups excluding tert-OH is 1. The number of hydrogen-bond donors (Lipinski definition) is 1. The number of hydrogen-bond acceptors (Lipinski definition) is 4. The molecule has 4 nitrogen and oxygen atoms in total. The Hall–Kier alpha value is -2.20.